The lowest BCUT2D eigenvalue weighted by Crippen LogP contribution is -2.33. The van der Waals surface area contributed by atoms with E-state index in [0.717, 1.165) is 4.47 Å². The Balaban J connectivity index is 3.10. The van der Waals surface area contributed by atoms with Crippen LogP contribution in [0.15, 0.2) is 22.7 Å². The highest BCUT2D eigenvalue weighted by atomic mass is 79.9. The molecule has 0 saturated carbocycles. The van der Waals surface area contributed by atoms with Crippen LogP contribution in [-0.4, -0.2) is 11.7 Å². The zero-order chi connectivity index (χ0) is 11.6. The molecule has 1 aromatic rings. The molecule has 0 unspecified atom stereocenters. The van der Waals surface area contributed by atoms with Gasteiger partial charge in [0.1, 0.15) is 5.82 Å². The predicted octanol–water partition coefficient (Wildman–Crippen LogP) is 2.61. The summed E-state index contributed by atoms with van der Waals surface area (Å²) in [5.74, 6) is -0.341. The SMILES string of the molecule is CC(C)(CO)[C@@H](N)c1cc(Br)ccc1F. The largest absolute Gasteiger partial charge is 0.396 e. The normalized spacial score (nSPS) is 14.0. The number of nitrogens with two attached hydrogens (primary N) is 1. The molecule has 4 heteroatoms. The van der Waals surface area contributed by atoms with Gasteiger partial charge in [-0.1, -0.05) is 29.8 Å². The number of halogens is 2. The molecule has 0 amide bonds. The van der Waals surface area contributed by atoms with E-state index in [-0.39, 0.29) is 12.4 Å². The van der Waals surface area contributed by atoms with Crippen molar-refractivity contribution in [1.29, 1.82) is 0 Å². The fourth-order valence-corrected chi connectivity index (χ4v) is 1.65. The van der Waals surface area contributed by atoms with Crippen LogP contribution in [0.5, 0.6) is 0 Å². The highest BCUT2D eigenvalue weighted by Crippen LogP contribution is 2.33. The third kappa shape index (κ3) is 2.77. The van der Waals surface area contributed by atoms with Gasteiger partial charge in [-0.15, -0.1) is 0 Å². The van der Waals surface area contributed by atoms with Crippen molar-refractivity contribution >= 4 is 15.9 Å². The molecule has 0 bridgehead atoms. The highest BCUT2D eigenvalue weighted by Gasteiger charge is 2.28. The molecule has 2 nitrogen and oxygen atoms in total. The molecule has 0 heterocycles. The molecule has 0 aliphatic rings. The van der Waals surface area contributed by atoms with E-state index in [4.69, 9.17) is 5.73 Å². The van der Waals surface area contributed by atoms with Crippen molar-refractivity contribution in [2.45, 2.75) is 19.9 Å². The Morgan fingerprint density at radius 3 is 2.67 bits per heavy atom. The van der Waals surface area contributed by atoms with E-state index in [9.17, 15) is 9.50 Å². The van der Waals surface area contributed by atoms with E-state index < -0.39 is 11.5 Å². The van der Waals surface area contributed by atoms with E-state index in [1.54, 1.807) is 26.0 Å². The first-order valence-corrected chi connectivity index (χ1v) is 5.49. The lowest BCUT2D eigenvalue weighted by Gasteiger charge is -2.30. The Labute approximate surface area is 97.4 Å². The Morgan fingerprint density at radius 1 is 1.53 bits per heavy atom. The first-order chi connectivity index (χ1) is 6.88. The Bertz CT molecular complexity index is 354. The average Bonchev–Trinajstić information content (AvgIpc) is 2.20. The second-order valence-electron chi connectivity index (χ2n) is 4.29. The Hall–Kier alpha value is -0.450. The molecule has 0 aliphatic carbocycles. The number of rotatable bonds is 3. The lowest BCUT2D eigenvalue weighted by molar-refractivity contribution is 0.131. The number of hydrogen-bond acceptors (Lipinski definition) is 2. The summed E-state index contributed by atoms with van der Waals surface area (Å²) in [6.07, 6.45) is 0. The van der Waals surface area contributed by atoms with Gasteiger partial charge in [-0.05, 0) is 18.2 Å². The van der Waals surface area contributed by atoms with E-state index in [0.29, 0.717) is 5.56 Å². The van der Waals surface area contributed by atoms with Crippen LogP contribution in [0.4, 0.5) is 4.39 Å². The topological polar surface area (TPSA) is 46.2 Å². The van der Waals surface area contributed by atoms with Gasteiger partial charge in [-0.2, -0.15) is 0 Å². The lowest BCUT2D eigenvalue weighted by atomic mass is 9.81. The summed E-state index contributed by atoms with van der Waals surface area (Å²) in [5, 5.41) is 9.17. The molecule has 3 N–H and O–H groups in total. The second kappa shape index (κ2) is 4.60. The van der Waals surface area contributed by atoms with E-state index in [2.05, 4.69) is 15.9 Å². The summed E-state index contributed by atoms with van der Waals surface area (Å²) in [7, 11) is 0. The first-order valence-electron chi connectivity index (χ1n) is 4.70. The maximum atomic E-state index is 13.5. The van der Waals surface area contributed by atoms with Crippen molar-refractivity contribution in [3.05, 3.63) is 34.1 Å². The highest BCUT2D eigenvalue weighted by molar-refractivity contribution is 9.10. The molecule has 0 aromatic heterocycles. The summed E-state index contributed by atoms with van der Waals surface area (Å²) in [6.45, 7) is 3.52. The first kappa shape index (κ1) is 12.6. The van der Waals surface area contributed by atoms with E-state index >= 15 is 0 Å². The smallest absolute Gasteiger partial charge is 0.128 e. The van der Waals surface area contributed by atoms with Crippen LogP contribution in [0.3, 0.4) is 0 Å². The number of benzene rings is 1. The van der Waals surface area contributed by atoms with Gasteiger partial charge in [0.15, 0.2) is 0 Å². The van der Waals surface area contributed by atoms with Crippen molar-refractivity contribution in [3.63, 3.8) is 0 Å². The Morgan fingerprint density at radius 2 is 2.13 bits per heavy atom. The maximum Gasteiger partial charge on any atom is 0.128 e. The van der Waals surface area contributed by atoms with Gasteiger partial charge in [0.05, 0.1) is 0 Å². The van der Waals surface area contributed by atoms with Crippen molar-refractivity contribution < 1.29 is 9.50 Å². The van der Waals surface area contributed by atoms with Crippen LogP contribution in [0.1, 0.15) is 25.5 Å². The Kier molecular flexibility index (Phi) is 3.87. The monoisotopic (exact) mass is 275 g/mol. The van der Waals surface area contributed by atoms with Gasteiger partial charge >= 0.3 is 0 Å². The summed E-state index contributed by atoms with van der Waals surface area (Å²) in [6, 6.07) is 4.11. The van der Waals surface area contributed by atoms with Crippen molar-refractivity contribution in [2.75, 3.05) is 6.61 Å². The third-order valence-electron chi connectivity index (χ3n) is 2.54. The van der Waals surface area contributed by atoms with Crippen LogP contribution in [0, 0.1) is 11.2 Å². The van der Waals surface area contributed by atoms with Gasteiger partial charge < -0.3 is 10.8 Å². The zero-order valence-electron chi connectivity index (χ0n) is 8.80. The van der Waals surface area contributed by atoms with Gasteiger partial charge in [0, 0.05) is 28.1 Å². The molecule has 0 spiro atoms. The maximum absolute atomic E-state index is 13.5. The molecule has 0 radical (unpaired) electrons. The molecule has 0 saturated heterocycles. The molecule has 15 heavy (non-hydrogen) atoms. The molecule has 1 aromatic carbocycles. The van der Waals surface area contributed by atoms with Crippen LogP contribution >= 0.6 is 15.9 Å². The predicted molar refractivity (Wildman–Crippen MR) is 61.9 cm³/mol. The molecule has 1 atom stereocenters. The molecule has 84 valence electrons. The van der Waals surface area contributed by atoms with E-state index in [1.807, 2.05) is 0 Å². The second-order valence-corrected chi connectivity index (χ2v) is 5.21. The molecule has 0 fully saturated rings. The minimum atomic E-state index is -0.540. The molecule has 0 aliphatic heterocycles. The minimum Gasteiger partial charge on any atom is -0.396 e. The minimum absolute atomic E-state index is 0.0832. The van der Waals surface area contributed by atoms with Crippen molar-refractivity contribution in [1.82, 2.24) is 0 Å². The summed E-state index contributed by atoms with van der Waals surface area (Å²) in [5.41, 5.74) is 5.81. The standard InChI is InChI=1S/C11H15BrFNO/c1-11(2,6-15)10(14)8-5-7(12)3-4-9(8)13/h3-5,10,15H,6,14H2,1-2H3/t10-/m0/s1. The molecular formula is C11H15BrFNO. The van der Waals surface area contributed by atoms with Crippen molar-refractivity contribution in [3.8, 4) is 0 Å². The zero-order valence-corrected chi connectivity index (χ0v) is 10.4. The quantitative estimate of drug-likeness (QED) is 0.891. The number of aliphatic hydroxyl groups is 1. The van der Waals surface area contributed by atoms with Gasteiger partial charge in [-0.3, -0.25) is 0 Å². The van der Waals surface area contributed by atoms with Crippen LogP contribution in [0.2, 0.25) is 0 Å². The summed E-state index contributed by atoms with van der Waals surface area (Å²) in [4.78, 5) is 0. The fraction of sp³-hybridized carbons (Fsp3) is 0.455. The van der Waals surface area contributed by atoms with Gasteiger partial charge in [-0.25, -0.2) is 4.39 Å². The fourth-order valence-electron chi connectivity index (χ4n) is 1.27. The number of aliphatic hydroxyl groups excluding tert-OH is 1. The summed E-state index contributed by atoms with van der Waals surface area (Å²) >= 11 is 3.27. The van der Waals surface area contributed by atoms with Gasteiger partial charge in [0.25, 0.3) is 0 Å². The van der Waals surface area contributed by atoms with E-state index in [1.165, 1.54) is 6.07 Å². The van der Waals surface area contributed by atoms with Crippen molar-refractivity contribution in [2.24, 2.45) is 11.1 Å². The molecular weight excluding hydrogens is 261 g/mol. The summed E-state index contributed by atoms with van der Waals surface area (Å²) < 4.78 is 14.3. The van der Waals surface area contributed by atoms with Gasteiger partial charge in [0.2, 0.25) is 0 Å². The molecule has 1 rings (SSSR count). The van der Waals surface area contributed by atoms with Crippen LogP contribution < -0.4 is 5.73 Å². The average molecular weight is 276 g/mol. The number of hydrogen-bond donors (Lipinski definition) is 2. The van der Waals surface area contributed by atoms with Crippen LogP contribution in [-0.2, 0) is 0 Å². The third-order valence-corrected chi connectivity index (χ3v) is 3.04. The van der Waals surface area contributed by atoms with Crippen LogP contribution in [0.25, 0.3) is 0 Å².